The SMILES string of the molecule is CCCCCC(C)C(=O)C(O)(CO)C(O)(C(=O)CCC(C)CCCC(C)C)C(=O)C(C)CCCC(C)C. The average molecular weight is 527 g/mol. The van der Waals surface area contributed by atoms with Gasteiger partial charge in [-0.15, -0.1) is 0 Å². The Kier molecular flexibility index (Phi) is 16.9. The zero-order chi connectivity index (χ0) is 28.8. The van der Waals surface area contributed by atoms with E-state index in [0.29, 0.717) is 31.1 Å². The first-order valence-electron chi connectivity index (χ1n) is 14.9. The van der Waals surface area contributed by atoms with Crippen molar-refractivity contribution in [2.24, 2.45) is 29.6 Å². The smallest absolute Gasteiger partial charge is 0.219 e. The number of Topliss-reactive ketones (excluding diaryl/α,β-unsaturated/α-hetero) is 3. The van der Waals surface area contributed by atoms with Crippen LogP contribution in [0.1, 0.15) is 132 Å². The number of aliphatic hydroxyl groups excluding tert-OH is 1. The Bertz CT molecular complexity index is 687. The van der Waals surface area contributed by atoms with Crippen LogP contribution in [0.4, 0.5) is 0 Å². The van der Waals surface area contributed by atoms with Crippen LogP contribution in [0, 0.1) is 29.6 Å². The lowest BCUT2D eigenvalue weighted by Crippen LogP contribution is -2.71. The third kappa shape index (κ3) is 10.9. The number of carbonyl (C=O) groups is 3. The number of carbonyl (C=O) groups excluding carboxylic acids is 3. The van der Waals surface area contributed by atoms with E-state index in [2.05, 4.69) is 27.7 Å². The lowest BCUT2D eigenvalue weighted by atomic mass is 9.67. The van der Waals surface area contributed by atoms with Crippen molar-refractivity contribution in [1.29, 1.82) is 0 Å². The van der Waals surface area contributed by atoms with Crippen molar-refractivity contribution in [3.05, 3.63) is 0 Å². The molecule has 0 radical (unpaired) electrons. The molecule has 0 heterocycles. The monoisotopic (exact) mass is 526 g/mol. The standard InChI is InChI=1S/C31H58O6/c1-9-10-11-17-25(7)28(34)30(36,21-32)31(37,29(35)26(8)18-13-15-23(4)5)27(33)20-19-24(6)16-12-14-22(2)3/h22-26,32,36-37H,9-21H2,1-8H3. The molecule has 0 amide bonds. The van der Waals surface area contributed by atoms with Crippen molar-refractivity contribution in [2.45, 2.75) is 144 Å². The highest BCUT2D eigenvalue weighted by Crippen LogP contribution is 2.35. The van der Waals surface area contributed by atoms with E-state index in [-0.39, 0.29) is 12.3 Å². The summed E-state index contributed by atoms with van der Waals surface area (Å²) < 4.78 is 0. The summed E-state index contributed by atoms with van der Waals surface area (Å²) in [5.74, 6) is -2.78. The van der Waals surface area contributed by atoms with E-state index in [0.717, 1.165) is 51.4 Å². The predicted molar refractivity (Wildman–Crippen MR) is 150 cm³/mol. The molecule has 0 aromatic heterocycles. The highest BCUT2D eigenvalue weighted by Gasteiger charge is 2.64. The Balaban J connectivity index is 5.98. The number of hydrogen-bond acceptors (Lipinski definition) is 6. The van der Waals surface area contributed by atoms with E-state index in [1.807, 2.05) is 13.8 Å². The van der Waals surface area contributed by atoms with E-state index in [9.17, 15) is 29.7 Å². The lowest BCUT2D eigenvalue weighted by molar-refractivity contribution is -0.197. The molecular weight excluding hydrogens is 468 g/mol. The van der Waals surface area contributed by atoms with Gasteiger partial charge in [0.15, 0.2) is 23.0 Å². The molecule has 37 heavy (non-hydrogen) atoms. The van der Waals surface area contributed by atoms with Gasteiger partial charge in [-0.2, -0.15) is 0 Å². The second kappa shape index (κ2) is 17.5. The van der Waals surface area contributed by atoms with Crippen LogP contribution in [0.15, 0.2) is 0 Å². The van der Waals surface area contributed by atoms with Gasteiger partial charge in [-0.25, -0.2) is 0 Å². The van der Waals surface area contributed by atoms with E-state index in [4.69, 9.17) is 0 Å². The molecule has 3 N–H and O–H groups in total. The molecule has 0 aromatic carbocycles. The van der Waals surface area contributed by atoms with Crippen LogP contribution in [0.25, 0.3) is 0 Å². The van der Waals surface area contributed by atoms with Crippen LogP contribution < -0.4 is 0 Å². The van der Waals surface area contributed by atoms with Crippen molar-refractivity contribution < 1.29 is 29.7 Å². The van der Waals surface area contributed by atoms with E-state index < -0.39 is 47.0 Å². The van der Waals surface area contributed by atoms with Gasteiger partial charge in [0.25, 0.3) is 0 Å². The molecule has 0 rings (SSSR count). The summed E-state index contributed by atoms with van der Waals surface area (Å²) in [5, 5.41) is 33.5. The first kappa shape index (κ1) is 35.9. The molecule has 0 spiro atoms. The van der Waals surface area contributed by atoms with Crippen molar-refractivity contribution in [1.82, 2.24) is 0 Å². The molecule has 0 aliphatic carbocycles. The molecule has 5 unspecified atom stereocenters. The summed E-state index contributed by atoms with van der Waals surface area (Å²) in [7, 11) is 0. The molecule has 0 aromatic rings. The molecule has 0 aliphatic heterocycles. The van der Waals surface area contributed by atoms with Crippen LogP contribution in [0.3, 0.4) is 0 Å². The Morgan fingerprint density at radius 1 is 0.649 bits per heavy atom. The summed E-state index contributed by atoms with van der Waals surface area (Å²) in [5.41, 5.74) is -5.83. The fraction of sp³-hybridized carbons (Fsp3) is 0.903. The lowest BCUT2D eigenvalue weighted by Gasteiger charge is -2.41. The van der Waals surface area contributed by atoms with Crippen LogP contribution in [-0.4, -0.2) is 50.5 Å². The molecule has 5 atom stereocenters. The maximum atomic E-state index is 13.7. The number of hydrogen-bond donors (Lipinski definition) is 3. The van der Waals surface area contributed by atoms with Crippen molar-refractivity contribution in [2.75, 3.05) is 6.61 Å². The van der Waals surface area contributed by atoms with Crippen molar-refractivity contribution in [3.8, 4) is 0 Å². The third-order valence-electron chi connectivity index (χ3n) is 7.89. The Morgan fingerprint density at radius 3 is 1.62 bits per heavy atom. The molecule has 0 fully saturated rings. The Morgan fingerprint density at radius 2 is 1.14 bits per heavy atom. The van der Waals surface area contributed by atoms with Crippen molar-refractivity contribution >= 4 is 17.3 Å². The highest BCUT2D eigenvalue weighted by molar-refractivity contribution is 6.17. The number of rotatable bonds is 22. The summed E-state index contributed by atoms with van der Waals surface area (Å²) >= 11 is 0. The molecule has 0 bridgehead atoms. The largest absolute Gasteiger partial charge is 0.393 e. The second-order valence-corrected chi connectivity index (χ2v) is 12.5. The Labute approximate surface area is 227 Å². The van der Waals surface area contributed by atoms with Crippen molar-refractivity contribution in [3.63, 3.8) is 0 Å². The summed E-state index contributed by atoms with van der Waals surface area (Å²) in [4.78, 5) is 40.7. The molecule has 6 nitrogen and oxygen atoms in total. The van der Waals surface area contributed by atoms with E-state index >= 15 is 0 Å². The topological polar surface area (TPSA) is 112 Å². The molecule has 6 heteroatoms. The minimum absolute atomic E-state index is 0.135. The van der Waals surface area contributed by atoms with Gasteiger partial charge < -0.3 is 15.3 Å². The quantitative estimate of drug-likeness (QED) is 0.117. The molecule has 218 valence electrons. The van der Waals surface area contributed by atoms with Crippen LogP contribution in [-0.2, 0) is 14.4 Å². The zero-order valence-electron chi connectivity index (χ0n) is 25.1. The number of aliphatic hydroxyl groups is 3. The normalized spacial score (nSPS) is 17.8. The fourth-order valence-corrected chi connectivity index (χ4v) is 5.08. The van der Waals surface area contributed by atoms with Crippen LogP contribution >= 0.6 is 0 Å². The zero-order valence-corrected chi connectivity index (χ0v) is 25.1. The summed E-state index contributed by atoms with van der Waals surface area (Å²) in [6.45, 7) is 14.6. The van der Waals surface area contributed by atoms with Gasteiger partial charge in [0, 0.05) is 18.3 Å². The molecule has 0 aliphatic rings. The van der Waals surface area contributed by atoms with Gasteiger partial charge in [0.2, 0.25) is 5.60 Å². The summed E-state index contributed by atoms with van der Waals surface area (Å²) in [6, 6.07) is 0. The van der Waals surface area contributed by atoms with Gasteiger partial charge >= 0.3 is 0 Å². The molecule has 0 saturated carbocycles. The average Bonchev–Trinajstić information content (AvgIpc) is 2.84. The van der Waals surface area contributed by atoms with Crippen LogP contribution in [0.5, 0.6) is 0 Å². The second-order valence-electron chi connectivity index (χ2n) is 12.5. The summed E-state index contributed by atoms with van der Waals surface area (Å²) in [6.07, 6.45) is 8.42. The molecular formula is C31H58O6. The van der Waals surface area contributed by atoms with Gasteiger partial charge in [0.05, 0.1) is 6.61 Å². The minimum Gasteiger partial charge on any atom is -0.393 e. The number of ketones is 3. The number of unbranched alkanes of at least 4 members (excludes halogenated alkanes) is 2. The maximum absolute atomic E-state index is 13.7. The van der Waals surface area contributed by atoms with Gasteiger partial charge in [-0.05, 0) is 37.0 Å². The minimum atomic E-state index is -2.97. The van der Waals surface area contributed by atoms with Gasteiger partial charge in [-0.3, -0.25) is 14.4 Å². The highest BCUT2D eigenvalue weighted by atomic mass is 16.4. The van der Waals surface area contributed by atoms with Gasteiger partial charge in [0.1, 0.15) is 0 Å². The maximum Gasteiger partial charge on any atom is 0.219 e. The fourth-order valence-electron chi connectivity index (χ4n) is 5.08. The third-order valence-corrected chi connectivity index (χ3v) is 7.89. The van der Waals surface area contributed by atoms with E-state index in [1.165, 1.54) is 0 Å². The first-order chi connectivity index (χ1) is 17.2. The Hall–Kier alpha value is -1.11. The van der Waals surface area contributed by atoms with Gasteiger partial charge in [-0.1, -0.05) is 107 Å². The van der Waals surface area contributed by atoms with Crippen LogP contribution in [0.2, 0.25) is 0 Å². The first-order valence-corrected chi connectivity index (χ1v) is 14.9. The molecule has 0 saturated heterocycles. The van der Waals surface area contributed by atoms with E-state index in [1.54, 1.807) is 13.8 Å². The predicted octanol–water partition coefficient (Wildman–Crippen LogP) is 6.07.